The van der Waals surface area contributed by atoms with Crippen molar-refractivity contribution in [2.24, 2.45) is 15.0 Å². The summed E-state index contributed by atoms with van der Waals surface area (Å²) in [5.41, 5.74) is 0. The van der Waals surface area contributed by atoms with Crippen LogP contribution in [0.25, 0.3) is 0 Å². The maximum Gasteiger partial charge on any atom is 0.277 e. The highest BCUT2D eigenvalue weighted by Crippen LogP contribution is 2.21. The van der Waals surface area contributed by atoms with Gasteiger partial charge in [0, 0.05) is 6.42 Å². The first kappa shape index (κ1) is 12.1. The molecule has 0 bridgehead atoms. The molecule has 6 heteroatoms. The zero-order valence-corrected chi connectivity index (χ0v) is 7.39. The second-order valence-electron chi connectivity index (χ2n) is 2.34. The zero-order chi connectivity index (χ0) is 10.9. The number of carbonyl (C=O) groups excluding carboxylic acids is 3. The van der Waals surface area contributed by atoms with Crippen LogP contribution in [0.2, 0.25) is 0 Å². The zero-order valence-electron chi connectivity index (χ0n) is 7.39. The van der Waals surface area contributed by atoms with E-state index >= 15 is 0 Å². The first-order chi connectivity index (χ1) is 6.74. The van der Waals surface area contributed by atoms with E-state index < -0.39 is 5.79 Å². The van der Waals surface area contributed by atoms with Crippen molar-refractivity contribution in [2.75, 3.05) is 0 Å². The predicted molar refractivity (Wildman–Crippen MR) is 46.3 cm³/mol. The van der Waals surface area contributed by atoms with Crippen molar-refractivity contribution in [3.8, 4) is 0 Å². The van der Waals surface area contributed by atoms with Gasteiger partial charge >= 0.3 is 0 Å². The number of aliphatic imine (C=N–C) groups is 3. The fourth-order valence-electron chi connectivity index (χ4n) is 0.824. The molecule has 0 aromatic heterocycles. The van der Waals surface area contributed by atoms with Crippen LogP contribution >= 0.6 is 0 Å². The summed E-state index contributed by atoms with van der Waals surface area (Å²) in [6.07, 6.45) is 4.75. The molecule has 0 unspecified atom stereocenters. The molecule has 0 saturated carbocycles. The summed E-state index contributed by atoms with van der Waals surface area (Å²) in [7, 11) is 0. The Balaban J connectivity index is 5.01. The van der Waals surface area contributed by atoms with Gasteiger partial charge in [-0.25, -0.2) is 14.4 Å². The van der Waals surface area contributed by atoms with Gasteiger partial charge < -0.3 is 0 Å². The van der Waals surface area contributed by atoms with Crippen LogP contribution in [0.3, 0.4) is 0 Å². The average molecular weight is 194 g/mol. The van der Waals surface area contributed by atoms with E-state index in [2.05, 4.69) is 21.9 Å². The quantitative estimate of drug-likeness (QED) is 0.459. The van der Waals surface area contributed by atoms with Gasteiger partial charge in [0.25, 0.3) is 5.79 Å². The summed E-state index contributed by atoms with van der Waals surface area (Å²) < 4.78 is 0. The Morgan fingerprint density at radius 1 is 1.00 bits per heavy atom. The van der Waals surface area contributed by atoms with E-state index in [4.69, 9.17) is 0 Å². The number of unbranched alkanes of at least 4 members (excludes halogenated alkanes) is 1. The topological polar surface area (TPSA) is 88.3 Å². The van der Waals surface area contributed by atoms with Crippen LogP contribution in [0.1, 0.15) is 19.3 Å². The minimum Gasteiger partial charge on any atom is -0.211 e. The molecular weight excluding hydrogens is 186 g/mol. The van der Waals surface area contributed by atoms with Gasteiger partial charge in [-0.2, -0.15) is 15.0 Å². The van der Waals surface area contributed by atoms with Gasteiger partial charge in [0.05, 0.1) is 0 Å². The minimum absolute atomic E-state index is 0.121. The molecule has 0 spiro atoms. The van der Waals surface area contributed by atoms with Crippen LogP contribution in [-0.4, -0.2) is 24.0 Å². The van der Waals surface area contributed by atoms with E-state index in [0.717, 1.165) is 0 Å². The number of nitrogens with zero attached hydrogens (tertiary/aromatic N) is 3. The van der Waals surface area contributed by atoms with Gasteiger partial charge in [0.15, 0.2) is 0 Å². The molecule has 14 heavy (non-hydrogen) atoms. The van der Waals surface area contributed by atoms with Gasteiger partial charge in [0.1, 0.15) is 0 Å². The molecule has 0 amide bonds. The van der Waals surface area contributed by atoms with E-state index in [1.807, 2.05) is 0 Å². The van der Waals surface area contributed by atoms with Crippen molar-refractivity contribution in [2.45, 2.75) is 25.0 Å². The molecule has 1 radical (unpaired) electrons. The monoisotopic (exact) mass is 194 g/mol. The molecule has 0 N–H and O–H groups in total. The summed E-state index contributed by atoms with van der Waals surface area (Å²) >= 11 is 0. The Hall–Kier alpha value is -1.86. The first-order valence-corrected chi connectivity index (χ1v) is 3.81. The van der Waals surface area contributed by atoms with Crippen molar-refractivity contribution >= 4 is 18.2 Å². The molecular formula is C8H8N3O3. The SMILES string of the molecule is [CH2]CCCC(N=C=O)(N=C=O)N=C=O. The average Bonchev–Trinajstić information content (AvgIpc) is 2.16. The molecule has 0 aromatic rings. The molecule has 0 atom stereocenters. The van der Waals surface area contributed by atoms with Gasteiger partial charge in [-0.3, -0.25) is 0 Å². The molecule has 0 aliphatic heterocycles. The van der Waals surface area contributed by atoms with Gasteiger partial charge in [-0.1, -0.05) is 13.3 Å². The summed E-state index contributed by atoms with van der Waals surface area (Å²) in [5.74, 6) is -1.73. The lowest BCUT2D eigenvalue weighted by Gasteiger charge is -2.13. The summed E-state index contributed by atoms with van der Waals surface area (Å²) in [5, 5.41) is 0. The second kappa shape index (κ2) is 6.63. The number of hydrogen-bond donors (Lipinski definition) is 0. The number of isocyanates is 3. The van der Waals surface area contributed by atoms with E-state index in [0.29, 0.717) is 12.8 Å². The summed E-state index contributed by atoms with van der Waals surface area (Å²) in [6, 6.07) is 0. The minimum atomic E-state index is -1.73. The molecule has 0 aliphatic rings. The van der Waals surface area contributed by atoms with Gasteiger partial charge in [0.2, 0.25) is 18.2 Å². The van der Waals surface area contributed by atoms with Crippen molar-refractivity contribution in [3.63, 3.8) is 0 Å². The Bertz CT molecular complexity index is 275. The largest absolute Gasteiger partial charge is 0.277 e. The van der Waals surface area contributed by atoms with Crippen molar-refractivity contribution < 1.29 is 14.4 Å². The van der Waals surface area contributed by atoms with Crippen LogP contribution < -0.4 is 0 Å². The van der Waals surface area contributed by atoms with Crippen molar-refractivity contribution in [1.29, 1.82) is 0 Å². The molecule has 6 nitrogen and oxygen atoms in total. The molecule has 0 heterocycles. The summed E-state index contributed by atoms with van der Waals surface area (Å²) in [6.45, 7) is 3.55. The Morgan fingerprint density at radius 2 is 1.43 bits per heavy atom. The van der Waals surface area contributed by atoms with E-state index in [9.17, 15) is 14.4 Å². The first-order valence-electron chi connectivity index (χ1n) is 3.81. The number of hydrogen-bond acceptors (Lipinski definition) is 6. The Labute approximate surface area is 80.5 Å². The number of rotatable bonds is 6. The van der Waals surface area contributed by atoms with E-state index in [-0.39, 0.29) is 6.42 Å². The van der Waals surface area contributed by atoms with Crippen LogP contribution in [0.4, 0.5) is 0 Å². The lowest BCUT2D eigenvalue weighted by Crippen LogP contribution is -2.20. The predicted octanol–water partition coefficient (Wildman–Crippen LogP) is 0.652. The molecule has 0 saturated heterocycles. The van der Waals surface area contributed by atoms with Crippen molar-refractivity contribution in [3.05, 3.63) is 6.92 Å². The van der Waals surface area contributed by atoms with Crippen molar-refractivity contribution in [1.82, 2.24) is 0 Å². The Kier molecular flexibility index (Phi) is 5.75. The van der Waals surface area contributed by atoms with Gasteiger partial charge in [-0.05, 0) is 6.42 Å². The lowest BCUT2D eigenvalue weighted by molar-refractivity contribution is 0.409. The molecule has 73 valence electrons. The molecule has 0 fully saturated rings. The third kappa shape index (κ3) is 3.70. The standard InChI is InChI=1S/C8H8N3O3/c1-2-3-4-8(9-5-12,10-6-13)11-7-14/h1-4H2. The van der Waals surface area contributed by atoms with E-state index in [1.165, 1.54) is 18.2 Å². The molecule has 0 aromatic carbocycles. The maximum absolute atomic E-state index is 10.0. The van der Waals surface area contributed by atoms with Crippen LogP contribution in [0, 0.1) is 6.92 Å². The Morgan fingerprint density at radius 3 is 1.71 bits per heavy atom. The normalized spacial score (nSPS) is 12.6. The highest BCUT2D eigenvalue weighted by Gasteiger charge is 2.27. The fourth-order valence-corrected chi connectivity index (χ4v) is 0.824. The van der Waals surface area contributed by atoms with Crippen LogP contribution in [0.15, 0.2) is 15.0 Å². The summed E-state index contributed by atoms with van der Waals surface area (Å²) in [4.78, 5) is 39.7. The third-order valence-corrected chi connectivity index (χ3v) is 1.44. The second-order valence-corrected chi connectivity index (χ2v) is 2.34. The highest BCUT2D eigenvalue weighted by molar-refractivity contribution is 5.42. The molecule has 0 rings (SSSR count). The highest BCUT2D eigenvalue weighted by atomic mass is 16.1. The third-order valence-electron chi connectivity index (χ3n) is 1.44. The lowest BCUT2D eigenvalue weighted by atomic mass is 10.1. The fraction of sp³-hybridized carbons (Fsp3) is 0.500. The molecule has 0 aliphatic carbocycles. The van der Waals surface area contributed by atoms with Crippen LogP contribution in [0.5, 0.6) is 0 Å². The van der Waals surface area contributed by atoms with Crippen LogP contribution in [-0.2, 0) is 14.4 Å². The maximum atomic E-state index is 10.0. The smallest absolute Gasteiger partial charge is 0.211 e. The van der Waals surface area contributed by atoms with E-state index in [1.54, 1.807) is 0 Å². The van der Waals surface area contributed by atoms with Gasteiger partial charge in [-0.15, -0.1) is 0 Å².